The first-order chi connectivity index (χ1) is 10.1. The van der Waals surface area contributed by atoms with Gasteiger partial charge in [0.2, 0.25) is 5.91 Å². The first-order valence-corrected chi connectivity index (χ1v) is 8.08. The number of para-hydroxylation sites is 2. The van der Waals surface area contributed by atoms with E-state index in [1.807, 2.05) is 36.1 Å². The molecule has 0 unspecified atom stereocenters. The van der Waals surface area contributed by atoms with E-state index in [-0.39, 0.29) is 5.91 Å². The van der Waals surface area contributed by atoms with Gasteiger partial charge in [0.05, 0.1) is 18.7 Å². The molecule has 1 amide bonds. The lowest BCUT2D eigenvalue weighted by Gasteiger charge is -2.21. The number of carbonyl (C=O) groups is 1. The fourth-order valence-electron chi connectivity index (χ4n) is 2.42. The van der Waals surface area contributed by atoms with Crippen LogP contribution in [0.15, 0.2) is 24.3 Å². The number of aryl methyl sites for hydroxylation is 1. The third kappa shape index (κ3) is 3.01. The second kappa shape index (κ2) is 5.99. The van der Waals surface area contributed by atoms with Crippen LogP contribution < -0.4 is 9.64 Å². The summed E-state index contributed by atoms with van der Waals surface area (Å²) in [5.41, 5.74) is 1.84. The summed E-state index contributed by atoms with van der Waals surface area (Å²) in [7, 11) is 0. The molecule has 1 aromatic heterocycles. The van der Waals surface area contributed by atoms with Crippen LogP contribution in [0.25, 0.3) is 0 Å². The minimum Gasteiger partial charge on any atom is -0.491 e. The molecule has 0 fully saturated rings. The van der Waals surface area contributed by atoms with E-state index in [4.69, 9.17) is 17.0 Å². The van der Waals surface area contributed by atoms with Gasteiger partial charge in [-0.3, -0.25) is 4.79 Å². The van der Waals surface area contributed by atoms with Gasteiger partial charge in [-0.05, 0) is 37.7 Å². The Bertz CT molecular complexity index is 720. The maximum atomic E-state index is 12.7. The summed E-state index contributed by atoms with van der Waals surface area (Å²) in [4.78, 5) is 18.6. The average molecular weight is 320 g/mol. The summed E-state index contributed by atoms with van der Waals surface area (Å²) in [5, 5.41) is 0. The van der Waals surface area contributed by atoms with E-state index in [0.717, 1.165) is 32.4 Å². The lowest BCUT2D eigenvalue weighted by molar-refractivity contribution is -0.117. The quantitative estimate of drug-likeness (QED) is 0.862. The Morgan fingerprint density at radius 3 is 3.05 bits per heavy atom. The number of fused-ring (bicyclic) bond motifs is 1. The van der Waals surface area contributed by atoms with Crippen molar-refractivity contribution in [3.05, 3.63) is 38.8 Å². The third-order valence-electron chi connectivity index (χ3n) is 3.48. The Kier molecular flexibility index (Phi) is 4.07. The van der Waals surface area contributed by atoms with Crippen molar-refractivity contribution in [3.63, 3.8) is 0 Å². The van der Waals surface area contributed by atoms with Crippen molar-refractivity contribution in [2.75, 3.05) is 18.1 Å². The lowest BCUT2D eigenvalue weighted by Crippen LogP contribution is -2.32. The van der Waals surface area contributed by atoms with Crippen LogP contribution in [0.2, 0.25) is 0 Å². The molecule has 1 aromatic carbocycles. The predicted octanol–water partition coefficient (Wildman–Crippen LogP) is 3.47. The molecule has 0 radical (unpaired) electrons. The fraction of sp³-hybridized carbons (Fsp3) is 0.333. The molecule has 0 aliphatic carbocycles. The van der Waals surface area contributed by atoms with Gasteiger partial charge >= 0.3 is 0 Å². The first-order valence-electron chi connectivity index (χ1n) is 6.86. The van der Waals surface area contributed by atoms with Crippen LogP contribution in [0.1, 0.15) is 17.0 Å². The monoisotopic (exact) mass is 320 g/mol. The Morgan fingerprint density at radius 1 is 1.48 bits per heavy atom. The number of nitrogens with one attached hydrogen (secondary N) is 1. The molecule has 0 spiro atoms. The largest absolute Gasteiger partial charge is 0.491 e. The molecule has 21 heavy (non-hydrogen) atoms. The fourth-order valence-corrected chi connectivity index (χ4v) is 3.71. The molecule has 0 bridgehead atoms. The minimum atomic E-state index is 0.0845. The Hall–Kier alpha value is -1.66. The smallest absolute Gasteiger partial charge is 0.232 e. The van der Waals surface area contributed by atoms with Crippen molar-refractivity contribution in [3.8, 4) is 5.75 Å². The molecular formula is C15H16N2O2S2. The molecule has 110 valence electrons. The SMILES string of the molecule is Cc1[nH]c(=S)sc1CC(=O)N1CCCOc2ccccc21. The highest BCUT2D eigenvalue weighted by Gasteiger charge is 2.22. The molecule has 0 saturated heterocycles. The zero-order chi connectivity index (χ0) is 14.8. The normalized spacial score (nSPS) is 14.2. The third-order valence-corrected chi connectivity index (χ3v) is 4.81. The number of amides is 1. The topological polar surface area (TPSA) is 45.3 Å². The number of ether oxygens (including phenoxy) is 1. The van der Waals surface area contributed by atoms with E-state index >= 15 is 0 Å². The number of benzene rings is 1. The van der Waals surface area contributed by atoms with Gasteiger partial charge < -0.3 is 14.6 Å². The van der Waals surface area contributed by atoms with E-state index < -0.39 is 0 Å². The molecule has 1 N–H and O–H groups in total. The number of thiazole rings is 1. The summed E-state index contributed by atoms with van der Waals surface area (Å²) in [5.74, 6) is 0.864. The Morgan fingerprint density at radius 2 is 2.29 bits per heavy atom. The highest BCUT2D eigenvalue weighted by Crippen LogP contribution is 2.31. The van der Waals surface area contributed by atoms with Crippen molar-refractivity contribution in [2.45, 2.75) is 19.8 Å². The number of nitrogens with zero attached hydrogens (tertiary/aromatic N) is 1. The number of rotatable bonds is 2. The molecule has 0 saturated carbocycles. The van der Waals surface area contributed by atoms with Crippen molar-refractivity contribution < 1.29 is 9.53 Å². The molecule has 2 heterocycles. The number of anilines is 1. The molecule has 0 atom stereocenters. The van der Waals surface area contributed by atoms with Gasteiger partial charge in [-0.2, -0.15) is 0 Å². The van der Waals surface area contributed by atoms with E-state index in [0.29, 0.717) is 19.6 Å². The zero-order valence-corrected chi connectivity index (χ0v) is 13.4. The second-order valence-electron chi connectivity index (χ2n) is 4.95. The Balaban J connectivity index is 1.87. The summed E-state index contributed by atoms with van der Waals surface area (Å²) < 4.78 is 6.41. The van der Waals surface area contributed by atoms with Crippen LogP contribution in [0.4, 0.5) is 5.69 Å². The average Bonchev–Trinajstić information content (AvgIpc) is 2.67. The zero-order valence-electron chi connectivity index (χ0n) is 11.7. The van der Waals surface area contributed by atoms with Crippen LogP contribution in [0, 0.1) is 10.9 Å². The number of carbonyl (C=O) groups excluding carboxylic acids is 1. The van der Waals surface area contributed by atoms with Crippen LogP contribution >= 0.6 is 23.6 Å². The number of H-pyrrole nitrogens is 1. The number of hydrogen-bond acceptors (Lipinski definition) is 4. The number of aromatic amines is 1. The Labute approximate surface area is 132 Å². The summed E-state index contributed by atoms with van der Waals surface area (Å²) in [6, 6.07) is 7.70. The summed E-state index contributed by atoms with van der Waals surface area (Å²) in [6.07, 6.45) is 1.21. The highest BCUT2D eigenvalue weighted by molar-refractivity contribution is 7.73. The van der Waals surface area contributed by atoms with E-state index in [9.17, 15) is 4.79 Å². The van der Waals surface area contributed by atoms with Gasteiger partial charge in [0.15, 0.2) is 3.95 Å². The van der Waals surface area contributed by atoms with Crippen molar-refractivity contribution in [2.24, 2.45) is 0 Å². The lowest BCUT2D eigenvalue weighted by atomic mass is 10.2. The summed E-state index contributed by atoms with van der Waals surface area (Å²) >= 11 is 6.61. The highest BCUT2D eigenvalue weighted by atomic mass is 32.1. The molecule has 6 heteroatoms. The van der Waals surface area contributed by atoms with Crippen LogP contribution in [-0.2, 0) is 11.2 Å². The van der Waals surface area contributed by atoms with Crippen molar-refractivity contribution in [1.82, 2.24) is 4.98 Å². The minimum absolute atomic E-state index is 0.0845. The van der Waals surface area contributed by atoms with Crippen LogP contribution in [-0.4, -0.2) is 24.0 Å². The van der Waals surface area contributed by atoms with E-state index in [1.54, 1.807) is 0 Å². The number of hydrogen-bond donors (Lipinski definition) is 1. The van der Waals surface area contributed by atoms with E-state index in [2.05, 4.69) is 4.98 Å². The van der Waals surface area contributed by atoms with Gasteiger partial charge in [-0.25, -0.2) is 0 Å². The van der Waals surface area contributed by atoms with Crippen molar-refractivity contribution >= 4 is 35.1 Å². The predicted molar refractivity (Wildman–Crippen MR) is 86.9 cm³/mol. The van der Waals surface area contributed by atoms with Gasteiger partial charge in [0.1, 0.15) is 5.75 Å². The molecule has 2 aromatic rings. The van der Waals surface area contributed by atoms with E-state index in [1.165, 1.54) is 11.3 Å². The molecular weight excluding hydrogens is 304 g/mol. The standard InChI is InChI=1S/C15H16N2O2S2/c1-10-13(21-15(20)16-10)9-14(18)17-7-4-8-19-12-6-3-2-5-11(12)17/h2-3,5-6H,4,7-9H2,1H3,(H,16,20). The van der Waals surface area contributed by atoms with Crippen LogP contribution in [0.5, 0.6) is 5.75 Å². The summed E-state index contributed by atoms with van der Waals surface area (Å²) in [6.45, 7) is 3.28. The second-order valence-corrected chi connectivity index (χ2v) is 6.73. The van der Waals surface area contributed by atoms with Crippen LogP contribution in [0.3, 0.4) is 0 Å². The van der Waals surface area contributed by atoms with Gasteiger partial charge in [0.25, 0.3) is 0 Å². The molecule has 4 nitrogen and oxygen atoms in total. The van der Waals surface area contributed by atoms with Gasteiger partial charge in [0, 0.05) is 17.1 Å². The maximum Gasteiger partial charge on any atom is 0.232 e. The molecule has 3 rings (SSSR count). The molecule has 1 aliphatic heterocycles. The first kappa shape index (κ1) is 14.3. The maximum absolute atomic E-state index is 12.7. The van der Waals surface area contributed by atoms with Gasteiger partial charge in [-0.1, -0.05) is 12.1 Å². The van der Waals surface area contributed by atoms with Crippen molar-refractivity contribution in [1.29, 1.82) is 0 Å². The van der Waals surface area contributed by atoms with Gasteiger partial charge in [-0.15, -0.1) is 11.3 Å². The number of aromatic nitrogens is 1. The molecule has 1 aliphatic rings.